The van der Waals surface area contributed by atoms with Crippen LogP contribution >= 0.6 is 11.3 Å². The number of nitrogens with zero attached hydrogens (tertiary/aromatic N) is 3. The third kappa shape index (κ3) is 4.59. The van der Waals surface area contributed by atoms with Gasteiger partial charge in [0.05, 0.1) is 15.1 Å². The maximum absolute atomic E-state index is 13.1. The topological polar surface area (TPSA) is 82.6 Å². The van der Waals surface area contributed by atoms with Gasteiger partial charge in [0, 0.05) is 37.4 Å². The van der Waals surface area contributed by atoms with Gasteiger partial charge in [0.15, 0.2) is 5.13 Å². The zero-order chi connectivity index (χ0) is 23.7. The minimum Gasteiger partial charge on any atom is -0.345 e. The number of halogens is 1. The van der Waals surface area contributed by atoms with Gasteiger partial charge < -0.3 is 9.80 Å². The Hall–Kier alpha value is -3.50. The van der Waals surface area contributed by atoms with E-state index in [0.29, 0.717) is 31.7 Å². The second-order valence-electron chi connectivity index (χ2n) is 7.88. The van der Waals surface area contributed by atoms with Gasteiger partial charge in [0.2, 0.25) is 0 Å². The molecule has 1 aromatic heterocycles. The molecule has 0 saturated carbocycles. The number of hydrogen-bond donors (Lipinski definition) is 1. The normalized spacial score (nSPS) is 14.4. The maximum Gasteiger partial charge on any atom is 0.261 e. The van der Waals surface area contributed by atoms with E-state index >= 15 is 0 Å². The van der Waals surface area contributed by atoms with Crippen LogP contribution in [0.25, 0.3) is 10.2 Å². The summed E-state index contributed by atoms with van der Waals surface area (Å²) in [6.45, 7) is 2.42. The van der Waals surface area contributed by atoms with E-state index in [-0.39, 0.29) is 16.5 Å². The van der Waals surface area contributed by atoms with Gasteiger partial charge in [0.25, 0.3) is 15.9 Å². The Balaban J connectivity index is 1.25. The Bertz CT molecular complexity index is 1410. The SMILES string of the molecule is O=C(c1cccc(NS(=O)(=O)c2ccc(F)cc2)c1)N1CCN(c2nc3ccccc3s2)CC1. The fourth-order valence-corrected chi connectivity index (χ4v) is 5.89. The van der Waals surface area contributed by atoms with Crippen molar-refractivity contribution in [2.45, 2.75) is 4.90 Å². The number of hydrogen-bond acceptors (Lipinski definition) is 6. The van der Waals surface area contributed by atoms with Crippen LogP contribution in [0.2, 0.25) is 0 Å². The number of carbonyl (C=O) groups is 1. The monoisotopic (exact) mass is 496 g/mol. The molecule has 5 rings (SSSR count). The molecule has 0 bridgehead atoms. The average Bonchev–Trinajstić information content (AvgIpc) is 3.28. The molecular weight excluding hydrogens is 475 g/mol. The van der Waals surface area contributed by atoms with Gasteiger partial charge in [-0.05, 0) is 54.6 Å². The zero-order valence-electron chi connectivity index (χ0n) is 18.0. The number of fused-ring (bicyclic) bond motifs is 1. The Kier molecular flexibility index (Phi) is 5.93. The van der Waals surface area contributed by atoms with Crippen LogP contribution in [-0.2, 0) is 10.0 Å². The summed E-state index contributed by atoms with van der Waals surface area (Å²) in [6, 6.07) is 18.9. The number of carbonyl (C=O) groups excluding carboxylic acids is 1. The number of aromatic nitrogens is 1. The molecule has 1 N–H and O–H groups in total. The molecule has 4 aromatic rings. The van der Waals surface area contributed by atoms with Crippen molar-refractivity contribution in [2.24, 2.45) is 0 Å². The number of anilines is 2. The van der Waals surface area contributed by atoms with Crippen molar-refractivity contribution in [3.05, 3.63) is 84.2 Å². The lowest BCUT2D eigenvalue weighted by Crippen LogP contribution is -2.48. The first-order valence-electron chi connectivity index (χ1n) is 10.7. The number of benzene rings is 3. The first kappa shape index (κ1) is 22.3. The van der Waals surface area contributed by atoms with E-state index < -0.39 is 15.8 Å². The van der Waals surface area contributed by atoms with Gasteiger partial charge in [-0.15, -0.1) is 0 Å². The molecule has 1 aliphatic rings. The van der Waals surface area contributed by atoms with Crippen molar-refractivity contribution in [3.63, 3.8) is 0 Å². The van der Waals surface area contributed by atoms with Crippen LogP contribution in [0.5, 0.6) is 0 Å². The minimum absolute atomic E-state index is 0.0587. The first-order valence-corrected chi connectivity index (χ1v) is 13.0. The predicted octanol–water partition coefficient (Wildman–Crippen LogP) is 4.20. The largest absolute Gasteiger partial charge is 0.345 e. The summed E-state index contributed by atoms with van der Waals surface area (Å²) in [5, 5.41) is 0.950. The van der Waals surface area contributed by atoms with Crippen LogP contribution in [0.3, 0.4) is 0 Å². The molecule has 0 spiro atoms. The van der Waals surface area contributed by atoms with Crippen molar-refractivity contribution in [3.8, 4) is 0 Å². The van der Waals surface area contributed by atoms with Crippen LogP contribution in [0.1, 0.15) is 10.4 Å². The molecule has 2 heterocycles. The number of piperazine rings is 1. The molecule has 34 heavy (non-hydrogen) atoms. The molecular formula is C24H21FN4O3S2. The van der Waals surface area contributed by atoms with Crippen molar-refractivity contribution in [1.82, 2.24) is 9.88 Å². The summed E-state index contributed by atoms with van der Waals surface area (Å²) < 4.78 is 41.9. The second kappa shape index (κ2) is 9.03. The second-order valence-corrected chi connectivity index (χ2v) is 10.6. The summed E-state index contributed by atoms with van der Waals surface area (Å²) in [5.41, 5.74) is 1.64. The molecule has 0 unspecified atom stereocenters. The fourth-order valence-electron chi connectivity index (χ4n) is 3.82. The van der Waals surface area contributed by atoms with E-state index in [1.807, 2.05) is 24.3 Å². The highest BCUT2D eigenvalue weighted by molar-refractivity contribution is 7.92. The molecule has 0 aliphatic carbocycles. The van der Waals surface area contributed by atoms with Crippen LogP contribution in [0.15, 0.2) is 77.7 Å². The van der Waals surface area contributed by atoms with Crippen LogP contribution in [0.4, 0.5) is 15.2 Å². The van der Waals surface area contributed by atoms with E-state index in [0.717, 1.165) is 27.5 Å². The summed E-state index contributed by atoms with van der Waals surface area (Å²) in [6.07, 6.45) is 0. The highest BCUT2D eigenvalue weighted by Crippen LogP contribution is 2.29. The molecule has 1 fully saturated rings. The minimum atomic E-state index is -3.90. The first-order chi connectivity index (χ1) is 16.4. The number of rotatable bonds is 5. The van der Waals surface area contributed by atoms with Crippen molar-refractivity contribution in [1.29, 1.82) is 0 Å². The van der Waals surface area contributed by atoms with Crippen LogP contribution < -0.4 is 9.62 Å². The highest BCUT2D eigenvalue weighted by Gasteiger charge is 2.24. The average molecular weight is 497 g/mol. The van der Waals surface area contributed by atoms with E-state index in [9.17, 15) is 17.6 Å². The van der Waals surface area contributed by atoms with Crippen molar-refractivity contribution < 1.29 is 17.6 Å². The quantitative estimate of drug-likeness (QED) is 0.448. The predicted molar refractivity (Wildman–Crippen MR) is 131 cm³/mol. The number of sulfonamides is 1. The van der Waals surface area contributed by atoms with E-state index in [1.165, 1.54) is 18.2 Å². The molecule has 10 heteroatoms. The molecule has 1 saturated heterocycles. The zero-order valence-corrected chi connectivity index (χ0v) is 19.7. The van der Waals surface area contributed by atoms with Crippen molar-refractivity contribution in [2.75, 3.05) is 35.8 Å². The Labute approximate surface area is 200 Å². The summed E-state index contributed by atoms with van der Waals surface area (Å²) in [7, 11) is -3.90. The van der Waals surface area contributed by atoms with Crippen molar-refractivity contribution >= 4 is 48.3 Å². The third-order valence-electron chi connectivity index (χ3n) is 5.61. The number of para-hydroxylation sites is 1. The number of thiazole rings is 1. The molecule has 1 aliphatic heterocycles. The summed E-state index contributed by atoms with van der Waals surface area (Å²) >= 11 is 1.64. The lowest BCUT2D eigenvalue weighted by Gasteiger charge is -2.34. The Morgan fingerprint density at radius 1 is 0.941 bits per heavy atom. The third-order valence-corrected chi connectivity index (χ3v) is 8.10. The van der Waals surface area contributed by atoms with Gasteiger partial charge in [-0.1, -0.05) is 29.5 Å². The van der Waals surface area contributed by atoms with E-state index in [1.54, 1.807) is 34.4 Å². The van der Waals surface area contributed by atoms with Gasteiger partial charge in [-0.3, -0.25) is 9.52 Å². The van der Waals surface area contributed by atoms with E-state index in [2.05, 4.69) is 9.62 Å². The Morgan fingerprint density at radius 3 is 2.41 bits per heavy atom. The Morgan fingerprint density at radius 2 is 1.68 bits per heavy atom. The standard InChI is InChI=1S/C24H21FN4O3S2/c25-18-8-10-20(11-9-18)34(31,32)27-19-5-3-4-17(16-19)23(30)28-12-14-29(15-13-28)24-26-21-6-1-2-7-22(21)33-24/h1-11,16,27H,12-15H2. The van der Waals surface area contributed by atoms with Gasteiger partial charge >= 0.3 is 0 Å². The maximum atomic E-state index is 13.1. The lowest BCUT2D eigenvalue weighted by molar-refractivity contribution is 0.0747. The highest BCUT2D eigenvalue weighted by atomic mass is 32.2. The molecule has 0 radical (unpaired) electrons. The molecule has 3 aromatic carbocycles. The number of nitrogens with one attached hydrogen (secondary N) is 1. The van der Waals surface area contributed by atoms with Crippen LogP contribution in [-0.4, -0.2) is 50.4 Å². The van der Waals surface area contributed by atoms with Gasteiger partial charge in [-0.2, -0.15) is 0 Å². The molecule has 1 amide bonds. The van der Waals surface area contributed by atoms with Gasteiger partial charge in [-0.25, -0.2) is 17.8 Å². The molecule has 7 nitrogen and oxygen atoms in total. The summed E-state index contributed by atoms with van der Waals surface area (Å²) in [4.78, 5) is 21.7. The molecule has 174 valence electrons. The number of amides is 1. The fraction of sp³-hybridized carbons (Fsp3) is 0.167. The smallest absolute Gasteiger partial charge is 0.261 e. The lowest BCUT2D eigenvalue weighted by atomic mass is 10.1. The van der Waals surface area contributed by atoms with Gasteiger partial charge in [0.1, 0.15) is 5.82 Å². The molecule has 0 atom stereocenters. The van der Waals surface area contributed by atoms with Crippen LogP contribution in [0, 0.1) is 5.82 Å². The van der Waals surface area contributed by atoms with E-state index in [4.69, 9.17) is 4.98 Å². The summed E-state index contributed by atoms with van der Waals surface area (Å²) in [5.74, 6) is -0.679.